The molecule has 1 aliphatic carbocycles. The van der Waals surface area contributed by atoms with Gasteiger partial charge in [-0.3, -0.25) is 4.79 Å². The third-order valence-corrected chi connectivity index (χ3v) is 5.24. The first-order valence-corrected chi connectivity index (χ1v) is 9.51. The number of hydrogen-bond acceptors (Lipinski definition) is 4. The zero-order chi connectivity index (χ0) is 19.2. The van der Waals surface area contributed by atoms with E-state index in [-0.39, 0.29) is 5.91 Å². The Morgan fingerprint density at radius 2 is 2.19 bits per heavy atom. The second-order valence-corrected chi connectivity index (χ2v) is 8.13. The van der Waals surface area contributed by atoms with Crippen LogP contribution in [0.2, 0.25) is 5.02 Å². The molecule has 139 valence electrons. The van der Waals surface area contributed by atoms with Gasteiger partial charge in [0, 0.05) is 13.1 Å². The third-order valence-electron chi connectivity index (χ3n) is 4.92. The van der Waals surface area contributed by atoms with Gasteiger partial charge in [0.25, 0.3) is 12.2 Å². The molecule has 2 aliphatic heterocycles. The van der Waals surface area contributed by atoms with Crippen molar-refractivity contribution in [1.82, 2.24) is 9.80 Å². The van der Waals surface area contributed by atoms with Gasteiger partial charge in [-0.15, -0.1) is 0 Å². The quantitative estimate of drug-likeness (QED) is 0.590. The minimum Gasteiger partial charge on any atom is -0.363 e. The van der Waals surface area contributed by atoms with E-state index in [1.165, 1.54) is 12.8 Å². The Bertz CT molecular complexity index is 919. The summed E-state index contributed by atoms with van der Waals surface area (Å²) in [6, 6.07) is 5.45. The molecule has 0 unspecified atom stereocenters. The van der Waals surface area contributed by atoms with E-state index in [1.807, 2.05) is 30.9 Å². The van der Waals surface area contributed by atoms with Crippen LogP contribution in [0.5, 0.6) is 0 Å². The van der Waals surface area contributed by atoms with Crippen molar-refractivity contribution in [2.75, 3.05) is 20.2 Å². The van der Waals surface area contributed by atoms with Gasteiger partial charge >= 0.3 is 0 Å². The van der Waals surface area contributed by atoms with Crippen molar-refractivity contribution in [2.24, 2.45) is 10.9 Å². The second-order valence-electron chi connectivity index (χ2n) is 7.72. The van der Waals surface area contributed by atoms with Gasteiger partial charge in [0.15, 0.2) is 5.70 Å². The number of allylic oxidation sites excluding steroid dienone is 1. The number of carbonyl (C=O) groups is 1. The van der Waals surface area contributed by atoms with Crippen LogP contribution >= 0.6 is 11.6 Å². The number of benzene rings is 1. The van der Waals surface area contributed by atoms with Crippen LogP contribution in [0.25, 0.3) is 0 Å². The van der Waals surface area contributed by atoms with E-state index in [0.717, 1.165) is 18.0 Å². The highest BCUT2D eigenvalue weighted by molar-refractivity contribution is 6.34. The summed E-state index contributed by atoms with van der Waals surface area (Å²) in [4.78, 5) is 20.8. The van der Waals surface area contributed by atoms with Gasteiger partial charge < -0.3 is 9.64 Å². The number of fused-ring (bicyclic) bond motifs is 3. The smallest absolute Gasteiger partial charge is 0.261 e. The zero-order valence-electron chi connectivity index (χ0n) is 15.8. The van der Waals surface area contributed by atoms with Crippen molar-refractivity contribution in [1.29, 1.82) is 0 Å². The lowest BCUT2D eigenvalue weighted by Crippen LogP contribution is -2.29. The molecule has 1 saturated carbocycles. The fraction of sp³-hybridized carbons (Fsp3) is 0.429. The second kappa shape index (κ2) is 6.79. The summed E-state index contributed by atoms with van der Waals surface area (Å²) in [7, 11) is 1.76. The molecule has 1 fully saturated rings. The van der Waals surface area contributed by atoms with Crippen LogP contribution in [-0.4, -0.2) is 42.9 Å². The Morgan fingerprint density at radius 1 is 1.41 bits per heavy atom. The van der Waals surface area contributed by atoms with Crippen molar-refractivity contribution in [3.63, 3.8) is 0 Å². The number of halogens is 1. The van der Waals surface area contributed by atoms with Crippen molar-refractivity contribution < 1.29 is 9.53 Å². The first-order valence-electron chi connectivity index (χ1n) is 9.13. The Balaban J connectivity index is 1.67. The minimum atomic E-state index is -0.535. The summed E-state index contributed by atoms with van der Waals surface area (Å²) in [5.41, 5.74) is 2.22. The Labute approximate surface area is 164 Å². The predicted molar refractivity (Wildman–Crippen MR) is 106 cm³/mol. The summed E-state index contributed by atoms with van der Waals surface area (Å²) in [5.74, 6) is 6.95. The molecule has 0 atom stereocenters. The standard InChI is InChI=1S/C21H22ClN3O2/c1-21(2,27-12-14-7-8-14)10-9-16-18-11-24(3)20(26)19-15(22)5-4-6-17(19)25(18)13-23-16/h4-6,13-14H,7-8,11-12H2,1-3H3/q+1. The number of anilines is 1. The van der Waals surface area contributed by atoms with Gasteiger partial charge in [-0.2, -0.15) is 4.99 Å². The number of ether oxygens (including phenoxy) is 1. The van der Waals surface area contributed by atoms with E-state index in [4.69, 9.17) is 16.3 Å². The molecular weight excluding hydrogens is 362 g/mol. The molecule has 2 heterocycles. The van der Waals surface area contributed by atoms with Gasteiger partial charge in [0.1, 0.15) is 17.7 Å². The Kier molecular flexibility index (Phi) is 4.59. The lowest BCUT2D eigenvalue weighted by Gasteiger charge is -2.18. The van der Waals surface area contributed by atoms with Crippen molar-refractivity contribution in [3.8, 4) is 11.8 Å². The lowest BCUT2D eigenvalue weighted by atomic mass is 10.1. The van der Waals surface area contributed by atoms with Crippen LogP contribution in [0.15, 0.2) is 34.6 Å². The van der Waals surface area contributed by atoms with Gasteiger partial charge in [0.05, 0.1) is 11.6 Å². The fourth-order valence-corrected chi connectivity index (χ4v) is 3.36. The van der Waals surface area contributed by atoms with Crippen LogP contribution in [0.1, 0.15) is 37.0 Å². The normalized spacial score (nSPS) is 19.6. The highest BCUT2D eigenvalue weighted by atomic mass is 35.5. The van der Waals surface area contributed by atoms with E-state index < -0.39 is 5.60 Å². The third kappa shape index (κ3) is 3.66. The van der Waals surface area contributed by atoms with Gasteiger partial charge in [-0.1, -0.05) is 23.6 Å². The maximum Gasteiger partial charge on any atom is 0.261 e. The lowest BCUT2D eigenvalue weighted by molar-refractivity contribution is 0.0203. The maximum absolute atomic E-state index is 12.8. The molecule has 3 aliphatic rings. The van der Waals surface area contributed by atoms with Crippen molar-refractivity contribution >= 4 is 29.5 Å². The van der Waals surface area contributed by atoms with Gasteiger partial charge in [0.2, 0.25) is 11.4 Å². The molecule has 5 nitrogen and oxygen atoms in total. The SMILES string of the molecule is CN1CC2=C(C#CC(C)(C)OCC3CC3)N=C[N+]2c2cccc(Cl)c2C1=O. The number of nitrogens with zero attached hydrogens (tertiary/aromatic N) is 3. The molecule has 1 aromatic rings. The summed E-state index contributed by atoms with van der Waals surface area (Å²) in [6.07, 6.45) is 4.21. The molecular formula is C21H22ClN3O2+. The maximum atomic E-state index is 12.8. The highest BCUT2D eigenvalue weighted by Gasteiger charge is 2.41. The van der Waals surface area contributed by atoms with Crippen LogP contribution < -0.4 is 4.90 Å². The Morgan fingerprint density at radius 3 is 2.93 bits per heavy atom. The molecule has 6 heteroatoms. The van der Waals surface area contributed by atoms with E-state index in [2.05, 4.69) is 16.8 Å². The van der Waals surface area contributed by atoms with Crippen molar-refractivity contribution in [2.45, 2.75) is 32.3 Å². The number of aliphatic imine (C=N–C) groups is 1. The average Bonchev–Trinajstić information content (AvgIpc) is 3.39. The zero-order valence-corrected chi connectivity index (χ0v) is 16.5. The monoisotopic (exact) mass is 383 g/mol. The van der Waals surface area contributed by atoms with Crippen LogP contribution in [0, 0.1) is 17.8 Å². The number of rotatable bonds is 3. The minimum absolute atomic E-state index is 0.105. The molecule has 1 radical (unpaired) electrons. The first kappa shape index (κ1) is 18.2. The highest BCUT2D eigenvalue weighted by Crippen LogP contribution is 2.35. The summed E-state index contributed by atoms with van der Waals surface area (Å²) in [6.45, 7) is 5.12. The first-order chi connectivity index (χ1) is 12.9. The summed E-state index contributed by atoms with van der Waals surface area (Å²) in [5, 5.41) is 0.438. The summed E-state index contributed by atoms with van der Waals surface area (Å²) >= 11 is 6.31. The number of amides is 1. The van der Waals surface area contributed by atoms with E-state index in [0.29, 0.717) is 28.7 Å². The predicted octanol–water partition coefficient (Wildman–Crippen LogP) is 3.66. The summed E-state index contributed by atoms with van der Waals surface area (Å²) < 4.78 is 5.94. The van der Waals surface area contributed by atoms with Gasteiger partial charge in [-0.05, 0) is 49.5 Å². The van der Waals surface area contributed by atoms with Gasteiger partial charge in [-0.25, -0.2) is 0 Å². The molecule has 0 saturated heterocycles. The fourth-order valence-electron chi connectivity index (χ4n) is 3.11. The van der Waals surface area contributed by atoms with Crippen LogP contribution in [0.3, 0.4) is 0 Å². The number of hydrogen-bond donors (Lipinski definition) is 0. The largest absolute Gasteiger partial charge is 0.363 e. The van der Waals surface area contributed by atoms with E-state index in [1.54, 1.807) is 24.4 Å². The number of carbonyl (C=O) groups excluding carboxylic acids is 1. The topological polar surface area (TPSA) is 47.8 Å². The average molecular weight is 384 g/mol. The number of likely N-dealkylation sites (N-methyl/N-ethyl adjacent to an activating group) is 1. The van der Waals surface area contributed by atoms with Crippen LogP contribution in [-0.2, 0) is 4.74 Å². The van der Waals surface area contributed by atoms with Crippen molar-refractivity contribution in [3.05, 3.63) is 40.2 Å². The molecule has 1 amide bonds. The van der Waals surface area contributed by atoms with Crippen LogP contribution in [0.4, 0.5) is 5.69 Å². The molecule has 27 heavy (non-hydrogen) atoms. The molecule has 1 aromatic carbocycles. The molecule has 4 rings (SSSR count). The molecule has 0 N–H and O–H groups in total. The molecule has 0 bridgehead atoms. The molecule has 0 aromatic heterocycles. The Hall–Kier alpha value is -2.13. The van der Waals surface area contributed by atoms with E-state index in [9.17, 15) is 4.79 Å². The van der Waals surface area contributed by atoms with E-state index >= 15 is 0 Å². The molecule has 0 spiro atoms.